The van der Waals surface area contributed by atoms with E-state index >= 15 is 0 Å². The number of nitrogens with two attached hydrogens (primary N) is 1. The van der Waals surface area contributed by atoms with Crippen LogP contribution in [0.25, 0.3) is 0 Å². The number of ether oxygens (including phenoxy) is 1. The summed E-state index contributed by atoms with van der Waals surface area (Å²) in [5.74, 6) is -0.775. The molecule has 0 spiro atoms. The van der Waals surface area contributed by atoms with Gasteiger partial charge in [0.05, 0.1) is 19.0 Å². The van der Waals surface area contributed by atoms with E-state index in [1.165, 1.54) is 0 Å². The number of hydrogen-bond acceptors (Lipinski definition) is 4. The number of carbonyl (C=O) groups is 2. The van der Waals surface area contributed by atoms with Crippen LogP contribution in [0.3, 0.4) is 0 Å². The third-order valence-corrected chi connectivity index (χ3v) is 3.68. The molecular weight excluding hydrogens is 306 g/mol. The Morgan fingerprint density at radius 3 is 2.33 bits per heavy atom. The second-order valence-corrected chi connectivity index (χ2v) is 5.44. The molecule has 2 aromatic carbocycles. The summed E-state index contributed by atoms with van der Waals surface area (Å²) in [6.45, 7) is 2.91. The average Bonchev–Trinajstić information content (AvgIpc) is 2.60. The first kappa shape index (κ1) is 17.7. The molecular formula is C19H21NO4. The number of carboxylic acids is 1. The molecule has 0 saturated carbocycles. The van der Waals surface area contributed by atoms with E-state index in [9.17, 15) is 14.7 Å². The lowest BCUT2D eigenvalue weighted by atomic mass is 10.0. The quantitative estimate of drug-likeness (QED) is 0.682. The molecule has 2 N–H and O–H groups in total. The topological polar surface area (TPSA) is 83.0 Å². The van der Waals surface area contributed by atoms with Crippen LogP contribution in [0.4, 0.5) is 0 Å². The Morgan fingerprint density at radius 2 is 1.75 bits per heavy atom. The van der Waals surface area contributed by atoms with Crippen molar-refractivity contribution in [1.82, 2.24) is 0 Å². The highest BCUT2D eigenvalue weighted by Gasteiger charge is 2.19. The molecule has 5 nitrogen and oxygen atoms in total. The molecule has 0 unspecified atom stereocenters. The molecule has 1 atom stereocenters. The van der Waals surface area contributed by atoms with E-state index < -0.39 is 12.0 Å². The fourth-order valence-electron chi connectivity index (χ4n) is 2.38. The molecule has 2 rings (SSSR count). The summed E-state index contributed by atoms with van der Waals surface area (Å²) in [4.78, 5) is 23.6. The first-order valence-electron chi connectivity index (χ1n) is 7.94. The van der Waals surface area contributed by atoms with Crippen molar-refractivity contribution in [2.24, 2.45) is 0 Å². The van der Waals surface area contributed by atoms with E-state index in [4.69, 9.17) is 4.74 Å². The van der Waals surface area contributed by atoms with Gasteiger partial charge in [0.1, 0.15) is 18.3 Å². The maximum Gasteiger partial charge on any atom is 0.169 e. The number of quaternary nitrogens is 1. The van der Waals surface area contributed by atoms with Crippen molar-refractivity contribution in [2.45, 2.75) is 25.9 Å². The second-order valence-electron chi connectivity index (χ2n) is 5.44. The van der Waals surface area contributed by atoms with Crippen molar-refractivity contribution in [1.29, 1.82) is 0 Å². The van der Waals surface area contributed by atoms with Crippen LogP contribution in [0.1, 0.15) is 29.3 Å². The molecule has 0 amide bonds. The molecule has 0 aliphatic carbocycles. The Morgan fingerprint density at radius 1 is 1.08 bits per heavy atom. The van der Waals surface area contributed by atoms with Gasteiger partial charge in [-0.2, -0.15) is 0 Å². The number of benzene rings is 2. The molecule has 0 fully saturated rings. The van der Waals surface area contributed by atoms with Crippen LogP contribution in [-0.4, -0.2) is 24.4 Å². The van der Waals surface area contributed by atoms with Gasteiger partial charge in [0.2, 0.25) is 0 Å². The molecule has 24 heavy (non-hydrogen) atoms. The van der Waals surface area contributed by atoms with Gasteiger partial charge in [-0.3, -0.25) is 4.79 Å². The SMILES string of the molecule is CCOc1ccc(C(=O)C[C@@H]([NH2+]Cc2ccccc2)C(=O)[O-])cc1. The molecule has 0 aliphatic rings. The third kappa shape index (κ3) is 5.21. The summed E-state index contributed by atoms with van der Waals surface area (Å²) in [7, 11) is 0. The van der Waals surface area contributed by atoms with Crippen LogP contribution in [0.5, 0.6) is 5.75 Å². The fraction of sp³-hybridized carbons (Fsp3) is 0.263. The summed E-state index contributed by atoms with van der Waals surface area (Å²) in [5, 5.41) is 12.9. The van der Waals surface area contributed by atoms with E-state index in [0.717, 1.165) is 5.56 Å². The zero-order chi connectivity index (χ0) is 17.4. The summed E-state index contributed by atoms with van der Waals surface area (Å²) in [5.41, 5.74) is 1.47. The van der Waals surface area contributed by atoms with Crippen LogP contribution in [-0.2, 0) is 11.3 Å². The highest BCUT2D eigenvalue weighted by atomic mass is 16.5. The Kier molecular flexibility index (Phi) is 6.51. The summed E-state index contributed by atoms with van der Waals surface area (Å²) in [6, 6.07) is 15.3. The maximum absolute atomic E-state index is 12.3. The minimum absolute atomic E-state index is 0.108. The van der Waals surface area contributed by atoms with Crippen molar-refractivity contribution in [3.8, 4) is 5.75 Å². The number of hydrogen-bond donors (Lipinski definition) is 1. The zero-order valence-electron chi connectivity index (χ0n) is 13.6. The lowest BCUT2D eigenvalue weighted by Crippen LogP contribution is -2.92. The van der Waals surface area contributed by atoms with Crippen molar-refractivity contribution in [3.05, 3.63) is 65.7 Å². The molecule has 126 valence electrons. The Bertz CT molecular complexity index is 668. The molecule has 0 aliphatic heterocycles. The van der Waals surface area contributed by atoms with E-state index in [1.807, 2.05) is 37.3 Å². The van der Waals surface area contributed by atoms with Crippen LogP contribution in [0.2, 0.25) is 0 Å². The van der Waals surface area contributed by atoms with Crippen LogP contribution < -0.4 is 15.2 Å². The van der Waals surface area contributed by atoms with E-state index in [0.29, 0.717) is 24.5 Å². The molecule has 0 heterocycles. The standard InChI is InChI=1S/C19H21NO4/c1-2-24-16-10-8-15(9-11-16)18(21)12-17(19(22)23)20-13-14-6-4-3-5-7-14/h3-11,17,20H,2,12-13H2,1H3,(H,22,23)/t17-/m1/s1. The maximum atomic E-state index is 12.3. The fourth-order valence-corrected chi connectivity index (χ4v) is 2.38. The minimum atomic E-state index is -1.23. The van der Waals surface area contributed by atoms with Gasteiger partial charge in [0.15, 0.2) is 5.78 Å². The smallest absolute Gasteiger partial charge is 0.169 e. The molecule has 2 aromatic rings. The Balaban J connectivity index is 1.96. The minimum Gasteiger partial charge on any atom is -0.544 e. The van der Waals surface area contributed by atoms with E-state index in [2.05, 4.69) is 0 Å². The van der Waals surface area contributed by atoms with Gasteiger partial charge in [0, 0.05) is 11.1 Å². The molecule has 0 aromatic heterocycles. The largest absolute Gasteiger partial charge is 0.544 e. The van der Waals surface area contributed by atoms with Crippen molar-refractivity contribution >= 4 is 11.8 Å². The number of carboxylic acid groups (broad SMARTS) is 1. The van der Waals surface area contributed by atoms with Gasteiger partial charge in [-0.25, -0.2) is 0 Å². The van der Waals surface area contributed by atoms with Gasteiger partial charge >= 0.3 is 0 Å². The lowest BCUT2D eigenvalue weighted by Gasteiger charge is -2.16. The first-order valence-corrected chi connectivity index (χ1v) is 7.94. The van der Waals surface area contributed by atoms with Crippen molar-refractivity contribution in [2.75, 3.05) is 6.61 Å². The Hall–Kier alpha value is -2.66. The van der Waals surface area contributed by atoms with Gasteiger partial charge in [0.25, 0.3) is 0 Å². The average molecular weight is 327 g/mol. The van der Waals surface area contributed by atoms with Gasteiger partial charge in [-0.05, 0) is 31.2 Å². The van der Waals surface area contributed by atoms with Crippen LogP contribution in [0, 0.1) is 0 Å². The van der Waals surface area contributed by atoms with E-state index in [1.54, 1.807) is 29.6 Å². The van der Waals surface area contributed by atoms with Crippen molar-refractivity contribution in [3.63, 3.8) is 0 Å². The lowest BCUT2D eigenvalue weighted by molar-refractivity contribution is -0.697. The van der Waals surface area contributed by atoms with Crippen molar-refractivity contribution < 1.29 is 24.7 Å². The van der Waals surface area contributed by atoms with Crippen LogP contribution in [0.15, 0.2) is 54.6 Å². The number of ketones is 1. The third-order valence-electron chi connectivity index (χ3n) is 3.68. The summed E-state index contributed by atoms with van der Waals surface area (Å²) in [6.07, 6.45) is -0.108. The summed E-state index contributed by atoms with van der Waals surface area (Å²) < 4.78 is 5.33. The normalized spacial score (nSPS) is 11.7. The zero-order valence-corrected chi connectivity index (χ0v) is 13.6. The molecule has 0 radical (unpaired) electrons. The molecule has 0 bridgehead atoms. The number of rotatable bonds is 9. The molecule has 5 heteroatoms. The number of carbonyl (C=O) groups excluding carboxylic acids is 2. The predicted molar refractivity (Wildman–Crippen MR) is 87.4 cm³/mol. The first-order chi connectivity index (χ1) is 11.6. The van der Waals surface area contributed by atoms with E-state index in [-0.39, 0.29) is 12.2 Å². The molecule has 0 saturated heterocycles. The number of aliphatic carboxylic acids is 1. The van der Waals surface area contributed by atoms with Crippen LogP contribution >= 0.6 is 0 Å². The monoisotopic (exact) mass is 327 g/mol. The van der Waals surface area contributed by atoms with Gasteiger partial charge < -0.3 is 20.0 Å². The Labute approximate surface area is 141 Å². The highest BCUT2D eigenvalue weighted by Crippen LogP contribution is 2.13. The van der Waals surface area contributed by atoms with Gasteiger partial charge in [-0.15, -0.1) is 0 Å². The van der Waals surface area contributed by atoms with Gasteiger partial charge in [-0.1, -0.05) is 30.3 Å². The predicted octanol–water partition coefficient (Wildman–Crippen LogP) is 0.540. The summed E-state index contributed by atoms with van der Waals surface area (Å²) >= 11 is 0. The highest BCUT2D eigenvalue weighted by molar-refractivity contribution is 5.98. The second kappa shape index (κ2) is 8.84. The number of Topliss-reactive ketones (excluding diaryl/α,β-unsaturated/α-hetero) is 1.